The summed E-state index contributed by atoms with van der Waals surface area (Å²) in [5, 5.41) is 1.28. The molecule has 0 fully saturated rings. The molecule has 3 heterocycles. The molecule has 0 amide bonds. The molecule has 2 aliphatic heterocycles. The zero-order valence-corrected chi connectivity index (χ0v) is 18.2. The van der Waals surface area contributed by atoms with Crippen LogP contribution in [0.4, 0.5) is 5.69 Å². The van der Waals surface area contributed by atoms with E-state index in [4.69, 9.17) is 9.47 Å². The van der Waals surface area contributed by atoms with Gasteiger partial charge in [-0.15, -0.1) is 0 Å². The van der Waals surface area contributed by atoms with Gasteiger partial charge in [0, 0.05) is 41.3 Å². The first-order chi connectivity index (χ1) is 16.3. The van der Waals surface area contributed by atoms with Gasteiger partial charge >= 0.3 is 0 Å². The maximum absolute atomic E-state index is 10.9. The Hall–Kier alpha value is -3.95. The van der Waals surface area contributed by atoms with Crippen LogP contribution in [0.2, 0.25) is 0 Å². The Morgan fingerprint density at radius 2 is 1.82 bits per heavy atom. The molecular formula is C28H24N2O3. The fraction of sp³-hybridized carbons (Fsp3) is 0.214. The zero-order valence-electron chi connectivity index (χ0n) is 18.2. The lowest BCUT2D eigenvalue weighted by Gasteiger charge is -2.39. The molecule has 1 atom stereocenters. The predicted octanol–water partition coefficient (Wildman–Crippen LogP) is 5.02. The number of rotatable bonds is 4. The van der Waals surface area contributed by atoms with Gasteiger partial charge in [-0.1, -0.05) is 42.5 Å². The van der Waals surface area contributed by atoms with Gasteiger partial charge in [0.25, 0.3) is 0 Å². The number of hydrogen-bond acceptors (Lipinski definition) is 4. The van der Waals surface area contributed by atoms with Gasteiger partial charge in [-0.05, 0) is 47.4 Å². The van der Waals surface area contributed by atoms with Gasteiger partial charge in [-0.2, -0.15) is 0 Å². The molecule has 0 aliphatic carbocycles. The van der Waals surface area contributed by atoms with Crippen LogP contribution >= 0.6 is 0 Å². The Morgan fingerprint density at radius 1 is 1.00 bits per heavy atom. The largest absolute Gasteiger partial charge is 0.486 e. The van der Waals surface area contributed by atoms with E-state index in [9.17, 15) is 4.79 Å². The molecule has 33 heavy (non-hydrogen) atoms. The van der Waals surface area contributed by atoms with Gasteiger partial charge in [-0.3, -0.25) is 0 Å². The molecule has 1 unspecified atom stereocenters. The lowest BCUT2D eigenvalue weighted by atomic mass is 9.90. The lowest BCUT2D eigenvalue weighted by Crippen LogP contribution is -2.36. The molecule has 3 aromatic carbocycles. The second kappa shape index (κ2) is 8.19. The van der Waals surface area contributed by atoms with E-state index in [1.165, 1.54) is 16.6 Å². The summed E-state index contributed by atoms with van der Waals surface area (Å²) in [4.78, 5) is 17.1. The Morgan fingerprint density at radius 3 is 2.73 bits per heavy atom. The number of nitrogens with one attached hydrogen (secondary N) is 1. The van der Waals surface area contributed by atoms with Gasteiger partial charge < -0.3 is 19.4 Å². The molecule has 2 aliphatic rings. The Bertz CT molecular complexity index is 1380. The van der Waals surface area contributed by atoms with E-state index in [0.717, 1.165) is 46.8 Å². The zero-order chi connectivity index (χ0) is 22.2. The second-order valence-electron chi connectivity index (χ2n) is 8.47. The predicted molar refractivity (Wildman–Crippen MR) is 129 cm³/mol. The van der Waals surface area contributed by atoms with Crippen LogP contribution in [0.3, 0.4) is 0 Å². The summed E-state index contributed by atoms with van der Waals surface area (Å²) in [6.45, 7) is 2.00. The van der Waals surface area contributed by atoms with Gasteiger partial charge in [0.2, 0.25) is 0 Å². The maximum Gasteiger partial charge on any atom is 0.161 e. The van der Waals surface area contributed by atoms with E-state index in [0.29, 0.717) is 19.6 Å². The van der Waals surface area contributed by atoms with Gasteiger partial charge in [-0.25, -0.2) is 4.79 Å². The fourth-order valence-electron chi connectivity index (χ4n) is 5.19. The number of aromatic amines is 1. The highest BCUT2D eigenvalue weighted by Gasteiger charge is 2.33. The minimum atomic E-state index is -0.0154. The fourth-order valence-corrected chi connectivity index (χ4v) is 5.19. The minimum Gasteiger partial charge on any atom is -0.486 e. The quantitative estimate of drug-likeness (QED) is 0.457. The number of anilines is 1. The number of allylic oxidation sites excluding steroid dienone is 1. The SMILES string of the molecule is O=C=CCc1ccccc1N1CCc2c([nH]c3ccccc23)C1c1ccc2c(c1)OCCO2. The smallest absolute Gasteiger partial charge is 0.161 e. The molecule has 4 aromatic rings. The van der Waals surface area contributed by atoms with Crippen molar-refractivity contribution in [2.45, 2.75) is 18.9 Å². The van der Waals surface area contributed by atoms with E-state index < -0.39 is 0 Å². The van der Waals surface area contributed by atoms with Crippen LogP contribution in [0, 0.1) is 0 Å². The Kier molecular flexibility index (Phi) is 4.89. The summed E-state index contributed by atoms with van der Waals surface area (Å²) < 4.78 is 11.7. The van der Waals surface area contributed by atoms with E-state index in [1.54, 1.807) is 6.08 Å². The first-order valence-corrected chi connectivity index (χ1v) is 11.4. The maximum atomic E-state index is 10.9. The van der Waals surface area contributed by atoms with Crippen molar-refractivity contribution in [3.05, 3.63) is 95.2 Å². The third-order valence-corrected chi connectivity index (χ3v) is 6.62. The molecule has 5 heteroatoms. The number of nitrogens with zero attached hydrogens (tertiary/aromatic N) is 1. The van der Waals surface area contributed by atoms with Crippen molar-refractivity contribution in [1.29, 1.82) is 0 Å². The summed E-state index contributed by atoms with van der Waals surface area (Å²) in [7, 11) is 0. The standard InChI is InChI=1S/C28H24N2O3/c31-15-5-7-19-6-1-4-10-24(19)30-14-13-22-21-8-2-3-9-23(21)29-27(22)28(30)20-11-12-25-26(18-20)33-17-16-32-25/h1-6,8-12,18,28-29H,7,13-14,16-17H2. The third kappa shape index (κ3) is 3.38. The van der Waals surface area contributed by atoms with E-state index in [1.807, 2.05) is 18.1 Å². The molecule has 1 aromatic heterocycles. The summed E-state index contributed by atoms with van der Waals surface area (Å²) in [6, 6.07) is 23.1. The molecule has 1 N–H and O–H groups in total. The molecule has 5 nitrogen and oxygen atoms in total. The number of benzene rings is 3. The first kappa shape index (κ1) is 19.7. The van der Waals surface area contributed by atoms with Gasteiger partial charge in [0.05, 0.1) is 6.04 Å². The van der Waals surface area contributed by atoms with Gasteiger partial charge in [0.15, 0.2) is 11.5 Å². The van der Waals surface area contributed by atoms with Gasteiger partial charge in [0.1, 0.15) is 19.2 Å². The van der Waals surface area contributed by atoms with Crippen LogP contribution in [-0.4, -0.2) is 30.7 Å². The average Bonchev–Trinajstić information content (AvgIpc) is 3.25. The summed E-state index contributed by atoms with van der Waals surface area (Å²) in [5.41, 5.74) is 7.12. The highest BCUT2D eigenvalue weighted by Crippen LogP contribution is 2.44. The van der Waals surface area contributed by atoms with Crippen molar-refractivity contribution in [2.24, 2.45) is 0 Å². The molecule has 0 bridgehead atoms. The summed E-state index contributed by atoms with van der Waals surface area (Å²) in [6.07, 6.45) is 3.05. The number of para-hydroxylation sites is 2. The number of ether oxygens (including phenoxy) is 2. The van der Waals surface area contributed by atoms with E-state index in [2.05, 4.69) is 64.5 Å². The van der Waals surface area contributed by atoms with Crippen molar-refractivity contribution in [3.63, 3.8) is 0 Å². The van der Waals surface area contributed by atoms with Crippen molar-refractivity contribution in [1.82, 2.24) is 4.98 Å². The third-order valence-electron chi connectivity index (χ3n) is 6.62. The first-order valence-electron chi connectivity index (χ1n) is 11.4. The van der Waals surface area contributed by atoms with Crippen LogP contribution in [0.5, 0.6) is 11.5 Å². The topological polar surface area (TPSA) is 54.6 Å². The summed E-state index contributed by atoms with van der Waals surface area (Å²) in [5.74, 6) is 3.51. The van der Waals surface area contributed by atoms with Crippen LogP contribution < -0.4 is 14.4 Å². The molecule has 164 valence electrons. The monoisotopic (exact) mass is 436 g/mol. The normalized spacial score (nSPS) is 16.8. The van der Waals surface area contributed by atoms with Crippen molar-refractivity contribution >= 4 is 22.5 Å². The molecular weight excluding hydrogens is 412 g/mol. The van der Waals surface area contributed by atoms with Crippen LogP contribution in [-0.2, 0) is 17.6 Å². The van der Waals surface area contributed by atoms with Crippen LogP contribution in [0.15, 0.2) is 72.8 Å². The second-order valence-corrected chi connectivity index (χ2v) is 8.47. The molecule has 0 saturated carbocycles. The number of aromatic nitrogens is 1. The van der Waals surface area contributed by atoms with Crippen molar-refractivity contribution in [2.75, 3.05) is 24.7 Å². The summed E-state index contributed by atoms with van der Waals surface area (Å²) >= 11 is 0. The molecule has 0 spiro atoms. The van der Waals surface area contributed by atoms with E-state index in [-0.39, 0.29) is 6.04 Å². The number of fused-ring (bicyclic) bond motifs is 4. The average molecular weight is 437 g/mol. The van der Waals surface area contributed by atoms with Crippen molar-refractivity contribution in [3.8, 4) is 11.5 Å². The molecule has 0 radical (unpaired) electrons. The lowest BCUT2D eigenvalue weighted by molar-refractivity contribution is 0.171. The number of hydrogen-bond donors (Lipinski definition) is 1. The highest BCUT2D eigenvalue weighted by atomic mass is 16.6. The molecule has 0 saturated heterocycles. The Balaban J connectivity index is 1.54. The van der Waals surface area contributed by atoms with Crippen LogP contribution in [0.25, 0.3) is 10.9 Å². The van der Waals surface area contributed by atoms with Crippen LogP contribution in [0.1, 0.15) is 28.4 Å². The highest BCUT2D eigenvalue weighted by molar-refractivity contribution is 5.86. The Labute approximate surface area is 192 Å². The number of carbonyl (C=O) groups excluding carboxylic acids is 1. The molecule has 6 rings (SSSR count). The number of H-pyrrole nitrogens is 1. The van der Waals surface area contributed by atoms with E-state index >= 15 is 0 Å². The van der Waals surface area contributed by atoms with Crippen molar-refractivity contribution < 1.29 is 14.3 Å². The minimum absolute atomic E-state index is 0.0154.